The van der Waals surface area contributed by atoms with Gasteiger partial charge in [-0.25, -0.2) is 0 Å². The summed E-state index contributed by atoms with van der Waals surface area (Å²) in [6.07, 6.45) is 0. The van der Waals surface area contributed by atoms with Gasteiger partial charge in [-0.1, -0.05) is 0 Å². The van der Waals surface area contributed by atoms with Gasteiger partial charge < -0.3 is 19.8 Å². The van der Waals surface area contributed by atoms with E-state index in [-0.39, 0.29) is 18.4 Å². The number of hydrogen-bond donors (Lipinski definition) is 2. The summed E-state index contributed by atoms with van der Waals surface area (Å²) >= 11 is 3.35. The van der Waals surface area contributed by atoms with Crippen LogP contribution in [0.25, 0.3) is 0 Å². The first-order valence-electron chi connectivity index (χ1n) is 6.88. The highest BCUT2D eigenvalue weighted by Crippen LogP contribution is 2.28. The van der Waals surface area contributed by atoms with Gasteiger partial charge in [-0.2, -0.15) is 0 Å². The van der Waals surface area contributed by atoms with Crippen molar-refractivity contribution in [2.24, 2.45) is 0 Å². The lowest BCUT2D eigenvalue weighted by molar-refractivity contribution is -0.119. The van der Waals surface area contributed by atoms with Crippen molar-refractivity contribution in [3.05, 3.63) is 45.8 Å². The van der Waals surface area contributed by atoms with Crippen molar-refractivity contribution < 1.29 is 18.7 Å². The van der Waals surface area contributed by atoms with E-state index >= 15 is 0 Å². The molecule has 7 heteroatoms. The van der Waals surface area contributed by atoms with Gasteiger partial charge >= 0.3 is 0 Å². The van der Waals surface area contributed by atoms with Crippen LogP contribution in [0.3, 0.4) is 0 Å². The van der Waals surface area contributed by atoms with Gasteiger partial charge in [0.1, 0.15) is 18.1 Å². The van der Waals surface area contributed by atoms with Crippen LogP contribution in [0.5, 0.6) is 0 Å². The third kappa shape index (κ3) is 4.20. The maximum atomic E-state index is 12.3. The summed E-state index contributed by atoms with van der Waals surface area (Å²) in [6.45, 7) is 3.51. The highest BCUT2D eigenvalue weighted by molar-refractivity contribution is 9.10. The number of furan rings is 1. The molecule has 2 rings (SSSR count). The molecule has 0 spiro atoms. The molecule has 1 aromatic heterocycles. The molecule has 0 aliphatic carbocycles. The van der Waals surface area contributed by atoms with Gasteiger partial charge in [0.2, 0.25) is 5.91 Å². The molecule has 1 heterocycles. The predicted molar refractivity (Wildman–Crippen MR) is 90.8 cm³/mol. The number of carbonyl (C=O) groups is 2. The second kappa shape index (κ2) is 7.43. The highest BCUT2D eigenvalue weighted by atomic mass is 79.9. The Balaban J connectivity index is 2.06. The molecule has 0 bridgehead atoms. The van der Waals surface area contributed by atoms with Gasteiger partial charge in [0, 0.05) is 18.5 Å². The Kier molecular flexibility index (Phi) is 5.57. The molecule has 0 saturated carbocycles. The van der Waals surface area contributed by atoms with Gasteiger partial charge in [-0.05, 0) is 54.0 Å². The van der Waals surface area contributed by atoms with Crippen molar-refractivity contribution in [2.75, 3.05) is 24.4 Å². The van der Waals surface area contributed by atoms with E-state index in [0.29, 0.717) is 32.9 Å². The zero-order chi connectivity index (χ0) is 17.0. The van der Waals surface area contributed by atoms with E-state index in [1.54, 1.807) is 38.1 Å². The minimum atomic E-state index is -0.262. The fourth-order valence-electron chi connectivity index (χ4n) is 2.07. The minimum absolute atomic E-state index is 0.00830. The summed E-state index contributed by atoms with van der Waals surface area (Å²) in [5.41, 5.74) is 1.71. The number of amides is 2. The Hall–Kier alpha value is -2.12. The van der Waals surface area contributed by atoms with E-state index in [2.05, 4.69) is 26.6 Å². The second-order valence-electron chi connectivity index (χ2n) is 4.92. The number of carbonyl (C=O) groups excluding carboxylic acids is 2. The number of rotatable bonds is 5. The number of methoxy groups -OCH3 is 1. The Morgan fingerprint density at radius 3 is 2.13 bits per heavy atom. The van der Waals surface area contributed by atoms with Crippen LogP contribution in [-0.2, 0) is 9.53 Å². The van der Waals surface area contributed by atoms with E-state index in [1.807, 2.05) is 0 Å². The maximum absolute atomic E-state index is 12.3. The van der Waals surface area contributed by atoms with Crippen LogP contribution in [-0.4, -0.2) is 25.5 Å². The standard InChI is InChI=1S/C16H17BrN2O4/c1-9-14(15(17)10(2)23-9)16(21)19-12-6-4-11(5-7-12)18-13(20)8-22-3/h4-7H,8H2,1-3H3,(H,18,20)(H,19,21). The summed E-state index contributed by atoms with van der Waals surface area (Å²) in [6, 6.07) is 6.81. The molecular formula is C16H17BrN2O4. The monoisotopic (exact) mass is 380 g/mol. The quantitative estimate of drug-likeness (QED) is 0.831. The summed E-state index contributed by atoms with van der Waals surface area (Å²) in [5, 5.41) is 5.47. The lowest BCUT2D eigenvalue weighted by Gasteiger charge is -2.07. The molecule has 0 aliphatic heterocycles. The second-order valence-corrected chi connectivity index (χ2v) is 5.71. The van der Waals surface area contributed by atoms with Crippen LogP contribution in [0.2, 0.25) is 0 Å². The number of aryl methyl sites for hydroxylation is 2. The lowest BCUT2D eigenvalue weighted by Crippen LogP contribution is -2.17. The molecule has 6 nitrogen and oxygen atoms in total. The van der Waals surface area contributed by atoms with Crippen LogP contribution in [0.1, 0.15) is 21.9 Å². The molecule has 0 fully saturated rings. The minimum Gasteiger partial charge on any atom is -0.465 e. The van der Waals surface area contributed by atoms with E-state index in [1.165, 1.54) is 7.11 Å². The number of hydrogen-bond acceptors (Lipinski definition) is 4. The fourth-order valence-corrected chi connectivity index (χ4v) is 2.61. The molecular weight excluding hydrogens is 364 g/mol. The number of ether oxygens (including phenoxy) is 1. The summed E-state index contributed by atoms with van der Waals surface area (Å²) in [5.74, 6) is 0.708. The average Bonchev–Trinajstić information content (AvgIpc) is 2.74. The Morgan fingerprint density at radius 1 is 1.09 bits per heavy atom. The third-order valence-corrected chi connectivity index (χ3v) is 4.07. The highest BCUT2D eigenvalue weighted by Gasteiger charge is 2.19. The normalized spacial score (nSPS) is 10.4. The molecule has 0 aliphatic rings. The topological polar surface area (TPSA) is 80.6 Å². The van der Waals surface area contributed by atoms with Crippen molar-refractivity contribution in [1.29, 1.82) is 0 Å². The van der Waals surface area contributed by atoms with Crippen molar-refractivity contribution in [3.63, 3.8) is 0 Å². The molecule has 0 saturated heterocycles. The number of halogens is 1. The first kappa shape index (κ1) is 17.2. The predicted octanol–water partition coefficient (Wildman–Crippen LogP) is 3.50. The molecule has 2 N–H and O–H groups in total. The van der Waals surface area contributed by atoms with Crippen LogP contribution in [0.15, 0.2) is 33.2 Å². The van der Waals surface area contributed by atoms with Gasteiger partial charge in [0.15, 0.2) is 0 Å². The number of benzene rings is 1. The summed E-state index contributed by atoms with van der Waals surface area (Å²) in [7, 11) is 1.45. The van der Waals surface area contributed by atoms with Gasteiger partial charge in [-0.15, -0.1) is 0 Å². The molecule has 23 heavy (non-hydrogen) atoms. The van der Waals surface area contributed by atoms with E-state index in [9.17, 15) is 9.59 Å². The van der Waals surface area contributed by atoms with Crippen molar-refractivity contribution in [2.45, 2.75) is 13.8 Å². The number of nitrogens with one attached hydrogen (secondary N) is 2. The average molecular weight is 381 g/mol. The Labute approximate surface area is 142 Å². The van der Waals surface area contributed by atoms with Crippen molar-refractivity contribution in [3.8, 4) is 0 Å². The zero-order valence-electron chi connectivity index (χ0n) is 13.0. The zero-order valence-corrected chi connectivity index (χ0v) is 14.6. The SMILES string of the molecule is COCC(=O)Nc1ccc(NC(=O)c2c(C)oc(C)c2Br)cc1. The van der Waals surface area contributed by atoms with Crippen molar-refractivity contribution >= 4 is 39.1 Å². The lowest BCUT2D eigenvalue weighted by atomic mass is 10.2. The molecule has 0 atom stereocenters. The first-order valence-corrected chi connectivity index (χ1v) is 7.67. The van der Waals surface area contributed by atoms with Crippen LogP contribution in [0, 0.1) is 13.8 Å². The van der Waals surface area contributed by atoms with Crippen LogP contribution in [0.4, 0.5) is 11.4 Å². The fraction of sp³-hybridized carbons (Fsp3) is 0.250. The molecule has 0 unspecified atom stereocenters. The molecule has 122 valence electrons. The van der Waals surface area contributed by atoms with Gasteiger partial charge in [-0.3, -0.25) is 9.59 Å². The maximum Gasteiger partial charge on any atom is 0.260 e. The Bertz CT molecular complexity index is 722. The molecule has 2 aromatic rings. The Morgan fingerprint density at radius 2 is 1.65 bits per heavy atom. The third-order valence-electron chi connectivity index (χ3n) is 3.12. The summed E-state index contributed by atoms with van der Waals surface area (Å²) < 4.78 is 10.8. The van der Waals surface area contributed by atoms with Crippen LogP contribution >= 0.6 is 15.9 Å². The molecule has 0 radical (unpaired) electrons. The molecule has 1 aromatic carbocycles. The van der Waals surface area contributed by atoms with Gasteiger partial charge in [0.25, 0.3) is 5.91 Å². The molecule has 2 amide bonds. The van der Waals surface area contributed by atoms with E-state index in [4.69, 9.17) is 9.15 Å². The first-order chi connectivity index (χ1) is 10.9. The smallest absolute Gasteiger partial charge is 0.260 e. The van der Waals surface area contributed by atoms with Crippen LogP contribution < -0.4 is 10.6 Å². The van der Waals surface area contributed by atoms with E-state index in [0.717, 1.165) is 0 Å². The largest absolute Gasteiger partial charge is 0.465 e. The summed E-state index contributed by atoms with van der Waals surface area (Å²) in [4.78, 5) is 23.7. The number of anilines is 2. The van der Waals surface area contributed by atoms with E-state index < -0.39 is 0 Å². The van der Waals surface area contributed by atoms with Gasteiger partial charge in [0.05, 0.1) is 10.0 Å². The van der Waals surface area contributed by atoms with Crippen molar-refractivity contribution in [1.82, 2.24) is 0 Å².